The zero-order valence-electron chi connectivity index (χ0n) is 10.5. The molecule has 0 bridgehead atoms. The van der Waals surface area contributed by atoms with Gasteiger partial charge in [-0.15, -0.1) is 0 Å². The Hall–Kier alpha value is -0.610. The Balaban J connectivity index is 2.22. The van der Waals surface area contributed by atoms with E-state index in [9.17, 15) is 4.79 Å². The molecule has 0 radical (unpaired) electrons. The van der Waals surface area contributed by atoms with Crippen LogP contribution in [-0.4, -0.2) is 30.6 Å². The molecule has 1 fully saturated rings. The maximum atomic E-state index is 11.6. The van der Waals surface area contributed by atoms with Crippen LogP contribution in [0.3, 0.4) is 0 Å². The Kier molecular flexibility index (Phi) is 5.77. The lowest BCUT2D eigenvalue weighted by atomic mass is 9.91. The van der Waals surface area contributed by atoms with E-state index in [1.165, 1.54) is 0 Å². The van der Waals surface area contributed by atoms with Gasteiger partial charge in [0.15, 0.2) is 0 Å². The number of carbonyl (C=O) groups excluding carboxylic acids is 1. The highest BCUT2D eigenvalue weighted by molar-refractivity contribution is 5.81. The van der Waals surface area contributed by atoms with E-state index in [0.717, 1.165) is 38.6 Å². The average Bonchev–Trinajstić information content (AvgIpc) is 2.29. The zero-order chi connectivity index (χ0) is 12.0. The van der Waals surface area contributed by atoms with Crippen molar-refractivity contribution in [1.82, 2.24) is 10.6 Å². The van der Waals surface area contributed by atoms with E-state index in [2.05, 4.69) is 17.6 Å². The van der Waals surface area contributed by atoms with E-state index in [0.29, 0.717) is 12.1 Å². The molecule has 0 aromatic heterocycles. The summed E-state index contributed by atoms with van der Waals surface area (Å²) >= 11 is 0. The molecular weight excluding hydrogens is 202 g/mol. The van der Waals surface area contributed by atoms with Crippen LogP contribution in [-0.2, 0) is 4.79 Å². The van der Waals surface area contributed by atoms with Gasteiger partial charge in [-0.05, 0) is 39.0 Å². The minimum Gasteiger partial charge on any atom is -0.355 e. The Morgan fingerprint density at radius 2 is 2.00 bits per heavy atom. The molecule has 0 aromatic rings. The Bertz CT molecular complexity index is 212. The van der Waals surface area contributed by atoms with Crippen LogP contribution in [0.4, 0.5) is 0 Å². The molecule has 4 N–H and O–H groups in total. The number of nitrogens with one attached hydrogen (secondary N) is 2. The molecule has 94 valence electrons. The second kappa shape index (κ2) is 6.86. The van der Waals surface area contributed by atoms with Gasteiger partial charge >= 0.3 is 0 Å². The molecule has 1 aliphatic rings. The molecule has 4 heteroatoms. The molecule has 16 heavy (non-hydrogen) atoms. The van der Waals surface area contributed by atoms with Crippen molar-refractivity contribution in [2.45, 2.75) is 64.1 Å². The molecule has 1 saturated carbocycles. The normalized spacial score (nSPS) is 27.4. The predicted molar refractivity (Wildman–Crippen MR) is 66.1 cm³/mol. The van der Waals surface area contributed by atoms with Gasteiger partial charge in [0.25, 0.3) is 0 Å². The molecule has 1 unspecified atom stereocenters. The highest BCUT2D eigenvalue weighted by Gasteiger charge is 2.21. The van der Waals surface area contributed by atoms with Gasteiger partial charge in [0.2, 0.25) is 5.91 Å². The molecule has 0 spiro atoms. The van der Waals surface area contributed by atoms with Crippen molar-refractivity contribution in [2.75, 3.05) is 6.54 Å². The summed E-state index contributed by atoms with van der Waals surface area (Å²) in [6.07, 6.45) is 5.30. The summed E-state index contributed by atoms with van der Waals surface area (Å²) in [7, 11) is 0. The molecule has 0 heterocycles. The van der Waals surface area contributed by atoms with E-state index in [1.54, 1.807) is 0 Å². The number of rotatable bonds is 5. The topological polar surface area (TPSA) is 67.2 Å². The van der Waals surface area contributed by atoms with Crippen LogP contribution in [0.5, 0.6) is 0 Å². The molecule has 0 saturated heterocycles. The number of hydrogen-bond acceptors (Lipinski definition) is 3. The van der Waals surface area contributed by atoms with Crippen molar-refractivity contribution < 1.29 is 4.79 Å². The largest absolute Gasteiger partial charge is 0.355 e. The number of nitrogens with two attached hydrogens (primary N) is 1. The fraction of sp³-hybridized carbons (Fsp3) is 0.917. The van der Waals surface area contributed by atoms with Gasteiger partial charge in [-0.1, -0.05) is 6.92 Å². The number of hydrogen-bond donors (Lipinski definition) is 3. The van der Waals surface area contributed by atoms with Crippen LogP contribution in [0.1, 0.15) is 46.0 Å². The molecule has 1 aliphatic carbocycles. The minimum atomic E-state index is -0.0918. The molecule has 0 aromatic carbocycles. The smallest absolute Gasteiger partial charge is 0.236 e. The van der Waals surface area contributed by atoms with Gasteiger partial charge in [0.05, 0.1) is 6.04 Å². The van der Waals surface area contributed by atoms with E-state index >= 15 is 0 Å². The first-order valence-electron chi connectivity index (χ1n) is 6.42. The molecule has 1 atom stereocenters. The minimum absolute atomic E-state index is 0.0918. The summed E-state index contributed by atoms with van der Waals surface area (Å²) in [5.74, 6) is 0.108. The van der Waals surface area contributed by atoms with Gasteiger partial charge in [-0.3, -0.25) is 4.79 Å². The van der Waals surface area contributed by atoms with Crippen LogP contribution in [0.25, 0.3) is 0 Å². The SMILES string of the molecule is CCCNC(=O)C(C)NC1CCC(N)CC1. The quantitative estimate of drug-likeness (QED) is 0.649. The van der Waals surface area contributed by atoms with E-state index in [-0.39, 0.29) is 11.9 Å². The lowest BCUT2D eigenvalue weighted by Gasteiger charge is -2.29. The lowest BCUT2D eigenvalue weighted by Crippen LogP contribution is -2.48. The first-order chi connectivity index (χ1) is 7.63. The summed E-state index contributed by atoms with van der Waals surface area (Å²) in [6.45, 7) is 4.75. The van der Waals surface area contributed by atoms with Crippen LogP contribution in [0.15, 0.2) is 0 Å². The highest BCUT2D eigenvalue weighted by Crippen LogP contribution is 2.17. The van der Waals surface area contributed by atoms with Crippen molar-refractivity contribution >= 4 is 5.91 Å². The van der Waals surface area contributed by atoms with Gasteiger partial charge < -0.3 is 16.4 Å². The zero-order valence-corrected chi connectivity index (χ0v) is 10.5. The Labute approximate surface area is 98.3 Å². The van der Waals surface area contributed by atoms with Crippen molar-refractivity contribution in [3.63, 3.8) is 0 Å². The first kappa shape index (κ1) is 13.5. The van der Waals surface area contributed by atoms with E-state index < -0.39 is 0 Å². The van der Waals surface area contributed by atoms with Gasteiger partial charge in [0, 0.05) is 18.6 Å². The lowest BCUT2D eigenvalue weighted by molar-refractivity contribution is -0.123. The molecule has 1 amide bonds. The summed E-state index contributed by atoms with van der Waals surface area (Å²) in [4.78, 5) is 11.6. The van der Waals surface area contributed by atoms with Gasteiger partial charge in [-0.25, -0.2) is 0 Å². The second-order valence-electron chi connectivity index (χ2n) is 4.79. The monoisotopic (exact) mass is 227 g/mol. The predicted octanol–water partition coefficient (Wildman–Crippen LogP) is 0.761. The van der Waals surface area contributed by atoms with E-state index in [1.807, 2.05) is 6.92 Å². The molecular formula is C12H25N3O. The maximum absolute atomic E-state index is 11.6. The maximum Gasteiger partial charge on any atom is 0.236 e. The van der Waals surface area contributed by atoms with Crippen molar-refractivity contribution in [3.8, 4) is 0 Å². The Morgan fingerprint density at radius 3 is 2.56 bits per heavy atom. The van der Waals surface area contributed by atoms with Crippen molar-refractivity contribution in [3.05, 3.63) is 0 Å². The second-order valence-corrected chi connectivity index (χ2v) is 4.79. The van der Waals surface area contributed by atoms with Crippen LogP contribution < -0.4 is 16.4 Å². The fourth-order valence-corrected chi connectivity index (χ4v) is 2.12. The van der Waals surface area contributed by atoms with Crippen LogP contribution in [0.2, 0.25) is 0 Å². The van der Waals surface area contributed by atoms with E-state index in [4.69, 9.17) is 5.73 Å². The summed E-state index contributed by atoms with van der Waals surface area (Å²) in [5.41, 5.74) is 5.85. The average molecular weight is 227 g/mol. The molecule has 0 aliphatic heterocycles. The first-order valence-corrected chi connectivity index (χ1v) is 6.42. The van der Waals surface area contributed by atoms with Crippen LogP contribution in [0, 0.1) is 0 Å². The number of amides is 1. The Morgan fingerprint density at radius 1 is 1.38 bits per heavy atom. The van der Waals surface area contributed by atoms with Crippen LogP contribution >= 0.6 is 0 Å². The third-order valence-electron chi connectivity index (χ3n) is 3.20. The standard InChI is InChI=1S/C12H25N3O/c1-3-8-14-12(16)9(2)15-11-6-4-10(13)5-7-11/h9-11,15H,3-8,13H2,1-2H3,(H,14,16). The third kappa shape index (κ3) is 4.49. The summed E-state index contributed by atoms with van der Waals surface area (Å²) < 4.78 is 0. The molecule has 1 rings (SSSR count). The van der Waals surface area contributed by atoms with Crippen molar-refractivity contribution in [1.29, 1.82) is 0 Å². The van der Waals surface area contributed by atoms with Gasteiger partial charge in [0.1, 0.15) is 0 Å². The summed E-state index contributed by atoms with van der Waals surface area (Å²) in [6, 6.07) is 0.732. The fourth-order valence-electron chi connectivity index (χ4n) is 2.12. The third-order valence-corrected chi connectivity index (χ3v) is 3.20. The van der Waals surface area contributed by atoms with Gasteiger partial charge in [-0.2, -0.15) is 0 Å². The highest BCUT2D eigenvalue weighted by atomic mass is 16.2. The number of carbonyl (C=O) groups is 1. The molecule has 4 nitrogen and oxygen atoms in total. The summed E-state index contributed by atoms with van der Waals surface area (Å²) in [5, 5.41) is 6.28. The van der Waals surface area contributed by atoms with Crippen molar-refractivity contribution in [2.24, 2.45) is 5.73 Å².